The number of likely N-dealkylation sites (tertiary alicyclic amines) is 1. The summed E-state index contributed by atoms with van der Waals surface area (Å²) in [6.07, 6.45) is 7.61. The van der Waals surface area contributed by atoms with Gasteiger partial charge in [0.25, 0.3) is 0 Å². The number of rotatable bonds is 5. The number of nitrogens with zero attached hydrogens (tertiary/aromatic N) is 1. The zero-order chi connectivity index (χ0) is 19.7. The van der Waals surface area contributed by atoms with Crippen molar-refractivity contribution in [2.45, 2.75) is 64.3 Å². The number of benzene rings is 1. The highest BCUT2D eigenvalue weighted by atomic mass is 16.2. The molecule has 0 bridgehead atoms. The van der Waals surface area contributed by atoms with Crippen molar-refractivity contribution in [2.75, 3.05) is 17.2 Å². The molecule has 4 rings (SSSR count). The van der Waals surface area contributed by atoms with Gasteiger partial charge in [-0.05, 0) is 63.1 Å². The summed E-state index contributed by atoms with van der Waals surface area (Å²) < 4.78 is 0. The quantitative estimate of drug-likeness (QED) is 0.817. The molecule has 1 heterocycles. The van der Waals surface area contributed by atoms with Gasteiger partial charge in [-0.1, -0.05) is 18.9 Å². The highest BCUT2D eigenvalue weighted by Crippen LogP contribution is 2.34. The molecule has 2 aliphatic carbocycles. The number of hydrogen-bond acceptors (Lipinski definition) is 3. The van der Waals surface area contributed by atoms with Crippen LogP contribution >= 0.6 is 0 Å². The first-order chi connectivity index (χ1) is 13.5. The largest absolute Gasteiger partial charge is 0.330 e. The molecular weight excluding hydrogens is 354 g/mol. The number of amides is 3. The summed E-state index contributed by atoms with van der Waals surface area (Å²) in [4.78, 5) is 39.5. The van der Waals surface area contributed by atoms with Crippen molar-refractivity contribution in [1.29, 1.82) is 0 Å². The van der Waals surface area contributed by atoms with Crippen molar-refractivity contribution in [1.82, 2.24) is 4.90 Å². The predicted octanol–water partition coefficient (Wildman–Crippen LogP) is 3.46. The predicted molar refractivity (Wildman–Crippen MR) is 108 cm³/mol. The SMILES string of the molecule is Cc1ccc(NC(=O)C2CCCC2)cc1NC(=O)[C@@H]1CCCN1C(=O)C1CC1. The lowest BCUT2D eigenvalue weighted by molar-refractivity contribution is -0.137. The van der Waals surface area contributed by atoms with E-state index in [9.17, 15) is 14.4 Å². The Morgan fingerprint density at radius 3 is 2.36 bits per heavy atom. The van der Waals surface area contributed by atoms with E-state index in [4.69, 9.17) is 0 Å². The molecule has 1 aliphatic heterocycles. The van der Waals surface area contributed by atoms with Crippen molar-refractivity contribution in [3.05, 3.63) is 23.8 Å². The van der Waals surface area contributed by atoms with E-state index in [0.29, 0.717) is 24.3 Å². The van der Waals surface area contributed by atoms with E-state index in [0.717, 1.165) is 50.5 Å². The van der Waals surface area contributed by atoms with Crippen LogP contribution in [0, 0.1) is 18.8 Å². The van der Waals surface area contributed by atoms with Gasteiger partial charge in [0.05, 0.1) is 0 Å². The minimum atomic E-state index is -0.385. The smallest absolute Gasteiger partial charge is 0.247 e. The summed E-state index contributed by atoms with van der Waals surface area (Å²) in [5, 5.41) is 5.99. The second-order valence-electron chi connectivity index (χ2n) is 8.45. The normalized spacial score (nSPS) is 22.3. The molecule has 1 atom stereocenters. The molecule has 0 aromatic heterocycles. The molecule has 3 aliphatic rings. The second-order valence-corrected chi connectivity index (χ2v) is 8.45. The molecule has 2 N–H and O–H groups in total. The van der Waals surface area contributed by atoms with Gasteiger partial charge in [0.1, 0.15) is 6.04 Å². The average molecular weight is 383 g/mol. The van der Waals surface area contributed by atoms with Crippen LogP contribution in [0.4, 0.5) is 11.4 Å². The van der Waals surface area contributed by atoms with Crippen molar-refractivity contribution >= 4 is 29.1 Å². The fraction of sp³-hybridized carbons (Fsp3) is 0.591. The van der Waals surface area contributed by atoms with Crippen molar-refractivity contribution < 1.29 is 14.4 Å². The zero-order valence-corrected chi connectivity index (χ0v) is 16.5. The second kappa shape index (κ2) is 7.94. The van der Waals surface area contributed by atoms with E-state index in [2.05, 4.69) is 10.6 Å². The molecule has 0 unspecified atom stereocenters. The molecule has 0 radical (unpaired) electrons. The van der Waals surface area contributed by atoms with Gasteiger partial charge in [0.15, 0.2) is 0 Å². The van der Waals surface area contributed by atoms with E-state index in [1.165, 1.54) is 0 Å². The Labute approximate surface area is 166 Å². The number of nitrogens with one attached hydrogen (secondary N) is 2. The fourth-order valence-electron chi connectivity index (χ4n) is 4.35. The van der Waals surface area contributed by atoms with Gasteiger partial charge >= 0.3 is 0 Å². The van der Waals surface area contributed by atoms with Crippen LogP contribution in [0.3, 0.4) is 0 Å². The monoisotopic (exact) mass is 383 g/mol. The molecule has 0 spiro atoms. The summed E-state index contributed by atoms with van der Waals surface area (Å²) in [5.74, 6) is 0.292. The highest BCUT2D eigenvalue weighted by Gasteiger charge is 2.40. The van der Waals surface area contributed by atoms with Crippen molar-refractivity contribution in [3.8, 4) is 0 Å². The maximum Gasteiger partial charge on any atom is 0.247 e. The van der Waals surface area contributed by atoms with Crippen LogP contribution in [0.15, 0.2) is 18.2 Å². The highest BCUT2D eigenvalue weighted by molar-refractivity contribution is 5.99. The van der Waals surface area contributed by atoms with Crippen LogP contribution in [0.5, 0.6) is 0 Å². The topological polar surface area (TPSA) is 78.5 Å². The average Bonchev–Trinajstić information content (AvgIpc) is 3.18. The summed E-state index contributed by atoms with van der Waals surface area (Å²) in [5.41, 5.74) is 2.33. The lowest BCUT2D eigenvalue weighted by atomic mass is 10.1. The Hall–Kier alpha value is -2.37. The number of hydrogen-bond donors (Lipinski definition) is 2. The maximum absolute atomic E-state index is 12.9. The summed E-state index contributed by atoms with van der Waals surface area (Å²) in [6, 6.07) is 5.21. The molecule has 3 amide bonds. The first kappa shape index (κ1) is 19.0. The zero-order valence-electron chi connectivity index (χ0n) is 16.5. The summed E-state index contributed by atoms with van der Waals surface area (Å²) in [6.45, 7) is 2.60. The van der Waals surface area contributed by atoms with Gasteiger partial charge < -0.3 is 15.5 Å². The maximum atomic E-state index is 12.9. The van der Waals surface area contributed by atoms with Crippen molar-refractivity contribution in [3.63, 3.8) is 0 Å². The van der Waals surface area contributed by atoms with Crippen LogP contribution in [0.1, 0.15) is 56.9 Å². The Balaban J connectivity index is 1.42. The number of carbonyl (C=O) groups excluding carboxylic acids is 3. The van der Waals surface area contributed by atoms with Gasteiger partial charge in [-0.15, -0.1) is 0 Å². The van der Waals surface area contributed by atoms with E-state index < -0.39 is 0 Å². The van der Waals surface area contributed by atoms with E-state index in [-0.39, 0.29) is 35.6 Å². The fourth-order valence-corrected chi connectivity index (χ4v) is 4.35. The first-order valence-corrected chi connectivity index (χ1v) is 10.6. The molecule has 2 saturated carbocycles. The molecule has 6 nitrogen and oxygen atoms in total. The lowest BCUT2D eigenvalue weighted by Crippen LogP contribution is -2.43. The number of aryl methyl sites for hydroxylation is 1. The molecule has 1 aromatic carbocycles. The van der Waals surface area contributed by atoms with Gasteiger partial charge in [0.2, 0.25) is 17.7 Å². The number of anilines is 2. The van der Waals surface area contributed by atoms with E-state index >= 15 is 0 Å². The Bertz CT molecular complexity index is 781. The minimum Gasteiger partial charge on any atom is -0.330 e. The molecule has 6 heteroatoms. The number of carbonyl (C=O) groups is 3. The third kappa shape index (κ3) is 4.05. The van der Waals surface area contributed by atoms with Crippen LogP contribution in [0.2, 0.25) is 0 Å². The third-order valence-electron chi connectivity index (χ3n) is 6.25. The van der Waals surface area contributed by atoms with Gasteiger partial charge in [-0.25, -0.2) is 0 Å². The van der Waals surface area contributed by atoms with Crippen LogP contribution < -0.4 is 10.6 Å². The van der Waals surface area contributed by atoms with E-state index in [1.807, 2.05) is 25.1 Å². The van der Waals surface area contributed by atoms with Gasteiger partial charge in [-0.3, -0.25) is 14.4 Å². The Kier molecular flexibility index (Phi) is 5.38. The van der Waals surface area contributed by atoms with Crippen molar-refractivity contribution in [2.24, 2.45) is 11.8 Å². The standard InChI is InChI=1S/C22H29N3O3/c1-14-8-11-17(23-20(26)15-5-2-3-6-15)13-18(14)24-21(27)19-7-4-12-25(19)22(28)16-9-10-16/h8,11,13,15-16,19H,2-7,9-10,12H2,1H3,(H,23,26)(H,24,27)/t19-/m0/s1. The summed E-state index contributed by atoms with van der Waals surface area (Å²) in [7, 11) is 0. The summed E-state index contributed by atoms with van der Waals surface area (Å²) >= 11 is 0. The molecule has 1 aromatic rings. The third-order valence-corrected chi connectivity index (χ3v) is 6.25. The molecule has 1 saturated heterocycles. The van der Waals surface area contributed by atoms with E-state index in [1.54, 1.807) is 4.90 Å². The lowest BCUT2D eigenvalue weighted by Gasteiger charge is -2.24. The van der Waals surface area contributed by atoms with Gasteiger partial charge in [-0.2, -0.15) is 0 Å². The molecule has 3 fully saturated rings. The molecule has 150 valence electrons. The first-order valence-electron chi connectivity index (χ1n) is 10.6. The minimum absolute atomic E-state index is 0.0654. The van der Waals surface area contributed by atoms with Crippen LogP contribution in [0.25, 0.3) is 0 Å². The Morgan fingerprint density at radius 2 is 1.64 bits per heavy atom. The Morgan fingerprint density at radius 1 is 0.893 bits per heavy atom. The molecular formula is C22H29N3O3. The van der Waals surface area contributed by atoms with Gasteiger partial charge in [0, 0.05) is 29.8 Å². The van der Waals surface area contributed by atoms with Crippen LogP contribution in [-0.2, 0) is 14.4 Å². The molecule has 28 heavy (non-hydrogen) atoms. The van der Waals surface area contributed by atoms with Crippen LogP contribution in [-0.4, -0.2) is 35.2 Å².